The van der Waals surface area contributed by atoms with Gasteiger partial charge in [0.2, 0.25) is 0 Å². The molecule has 21 heavy (non-hydrogen) atoms. The summed E-state index contributed by atoms with van der Waals surface area (Å²) in [6.07, 6.45) is 1.15. The van der Waals surface area contributed by atoms with Gasteiger partial charge < -0.3 is 5.11 Å². The maximum absolute atomic E-state index is 12.5. The second-order valence-corrected chi connectivity index (χ2v) is 4.71. The monoisotopic (exact) mass is 305 g/mol. The fourth-order valence-corrected chi connectivity index (χ4v) is 2.16. The number of rotatable bonds is 2. The van der Waals surface area contributed by atoms with Gasteiger partial charge in [-0.2, -0.15) is 9.78 Å². The number of carboxylic acid groups (broad SMARTS) is 1. The van der Waals surface area contributed by atoms with Crippen molar-refractivity contribution >= 4 is 28.5 Å². The van der Waals surface area contributed by atoms with Gasteiger partial charge in [-0.15, -0.1) is 5.10 Å². The van der Waals surface area contributed by atoms with Crippen LogP contribution in [-0.2, 0) is 7.05 Å². The molecule has 1 aromatic carbocycles. The molecule has 9 heteroatoms. The molecule has 3 aromatic rings. The molecule has 0 aliphatic carbocycles. The van der Waals surface area contributed by atoms with Crippen LogP contribution in [0.2, 0.25) is 5.02 Å². The Labute approximate surface area is 122 Å². The number of aryl methyl sites for hydroxylation is 1. The lowest BCUT2D eigenvalue weighted by atomic mass is 10.2. The smallest absolute Gasteiger partial charge is 0.341 e. The van der Waals surface area contributed by atoms with E-state index >= 15 is 0 Å². The van der Waals surface area contributed by atoms with Crippen LogP contribution in [-0.4, -0.2) is 35.9 Å². The van der Waals surface area contributed by atoms with E-state index in [1.165, 1.54) is 17.8 Å². The van der Waals surface area contributed by atoms with Gasteiger partial charge in [-0.25, -0.2) is 4.79 Å². The van der Waals surface area contributed by atoms with Crippen LogP contribution in [0.4, 0.5) is 0 Å². The number of aromatic carboxylic acids is 1. The van der Waals surface area contributed by atoms with Crippen LogP contribution < -0.4 is 5.56 Å². The lowest BCUT2D eigenvalue weighted by molar-refractivity contribution is 0.0696. The van der Waals surface area contributed by atoms with E-state index in [0.717, 1.165) is 10.9 Å². The molecular weight excluding hydrogens is 298 g/mol. The zero-order chi connectivity index (χ0) is 15.1. The minimum Gasteiger partial charge on any atom is -0.477 e. The number of carboxylic acids is 1. The van der Waals surface area contributed by atoms with Crippen molar-refractivity contribution in [1.29, 1.82) is 0 Å². The van der Waals surface area contributed by atoms with E-state index < -0.39 is 11.5 Å². The van der Waals surface area contributed by atoms with Crippen LogP contribution in [0.25, 0.3) is 16.7 Å². The molecule has 0 unspecified atom stereocenters. The van der Waals surface area contributed by atoms with Crippen molar-refractivity contribution in [2.24, 2.45) is 7.05 Å². The van der Waals surface area contributed by atoms with Gasteiger partial charge in [0.15, 0.2) is 5.82 Å². The highest BCUT2D eigenvalue weighted by Crippen LogP contribution is 2.15. The third kappa shape index (κ3) is 2.05. The topological polar surface area (TPSA) is 103 Å². The first-order chi connectivity index (χ1) is 9.99. The molecule has 2 heterocycles. The van der Waals surface area contributed by atoms with Gasteiger partial charge in [0.25, 0.3) is 5.56 Å². The van der Waals surface area contributed by atoms with Gasteiger partial charge in [0.1, 0.15) is 11.1 Å². The molecule has 2 aromatic heterocycles. The van der Waals surface area contributed by atoms with E-state index in [9.17, 15) is 9.59 Å². The largest absolute Gasteiger partial charge is 0.477 e. The first-order valence-electron chi connectivity index (χ1n) is 5.80. The molecule has 106 valence electrons. The maximum atomic E-state index is 12.5. The van der Waals surface area contributed by atoms with E-state index in [0.29, 0.717) is 10.5 Å². The molecule has 0 aliphatic rings. The van der Waals surface area contributed by atoms with Gasteiger partial charge in [0, 0.05) is 12.1 Å². The van der Waals surface area contributed by atoms with Crippen molar-refractivity contribution in [3.05, 3.63) is 45.3 Å². The molecule has 0 aliphatic heterocycles. The van der Waals surface area contributed by atoms with Crippen molar-refractivity contribution in [1.82, 2.24) is 24.8 Å². The highest BCUT2D eigenvalue weighted by atomic mass is 35.5. The van der Waals surface area contributed by atoms with Crippen molar-refractivity contribution in [3.8, 4) is 5.82 Å². The third-order valence-corrected chi connectivity index (χ3v) is 3.20. The number of halogens is 1. The van der Waals surface area contributed by atoms with E-state index in [4.69, 9.17) is 16.7 Å². The minimum absolute atomic E-state index is 0.0295. The highest BCUT2D eigenvalue weighted by Gasteiger charge is 2.20. The standard InChI is InChI=1S/C12H8ClN5O3/c1-17-10(8(5-14-17)12(20)21)18-11(19)7-4-6(13)2-3-9(7)15-16-18/h2-5H,1H3,(H,20,21). The number of carbonyl (C=O) groups is 1. The Balaban J connectivity index is 2.37. The Kier molecular flexibility index (Phi) is 2.95. The molecule has 0 atom stereocenters. The SMILES string of the molecule is Cn1ncc(C(=O)O)c1-n1nnc2ccc(Cl)cc2c1=O. The van der Waals surface area contributed by atoms with Gasteiger partial charge in [-0.1, -0.05) is 16.8 Å². The van der Waals surface area contributed by atoms with Crippen molar-refractivity contribution < 1.29 is 9.90 Å². The lowest BCUT2D eigenvalue weighted by Gasteiger charge is -2.06. The number of benzene rings is 1. The fraction of sp³-hybridized carbons (Fsp3) is 0.0833. The molecule has 0 spiro atoms. The number of fused-ring (bicyclic) bond motifs is 1. The first-order valence-corrected chi connectivity index (χ1v) is 6.18. The average Bonchev–Trinajstić information content (AvgIpc) is 2.82. The van der Waals surface area contributed by atoms with Crippen LogP contribution in [0.1, 0.15) is 10.4 Å². The number of hydrogen-bond acceptors (Lipinski definition) is 5. The van der Waals surface area contributed by atoms with Crippen LogP contribution in [0, 0.1) is 0 Å². The third-order valence-electron chi connectivity index (χ3n) is 2.96. The Hall–Kier alpha value is -2.74. The molecule has 1 N–H and O–H groups in total. The fourth-order valence-electron chi connectivity index (χ4n) is 1.99. The summed E-state index contributed by atoms with van der Waals surface area (Å²) in [4.78, 5) is 23.7. The van der Waals surface area contributed by atoms with Crippen LogP contribution in [0.3, 0.4) is 0 Å². The second kappa shape index (κ2) is 4.67. The van der Waals surface area contributed by atoms with E-state index in [2.05, 4.69) is 15.4 Å². The zero-order valence-electron chi connectivity index (χ0n) is 10.7. The molecular formula is C12H8ClN5O3. The molecule has 0 bridgehead atoms. The minimum atomic E-state index is -1.21. The predicted molar refractivity (Wildman–Crippen MR) is 73.9 cm³/mol. The molecule has 0 saturated heterocycles. The summed E-state index contributed by atoms with van der Waals surface area (Å²) in [5.41, 5.74) is -0.288. The lowest BCUT2D eigenvalue weighted by Crippen LogP contribution is -2.26. The van der Waals surface area contributed by atoms with Gasteiger partial charge in [0.05, 0.1) is 11.6 Å². The van der Waals surface area contributed by atoms with Crippen LogP contribution >= 0.6 is 11.6 Å². The summed E-state index contributed by atoms with van der Waals surface area (Å²) < 4.78 is 2.14. The molecule has 3 rings (SSSR count). The van der Waals surface area contributed by atoms with Gasteiger partial charge >= 0.3 is 5.97 Å². The van der Waals surface area contributed by atoms with Crippen molar-refractivity contribution in [2.75, 3.05) is 0 Å². The first kappa shape index (κ1) is 13.3. The average molecular weight is 306 g/mol. The van der Waals surface area contributed by atoms with Crippen molar-refractivity contribution in [2.45, 2.75) is 0 Å². The van der Waals surface area contributed by atoms with Crippen LogP contribution in [0.15, 0.2) is 29.2 Å². The van der Waals surface area contributed by atoms with Gasteiger partial charge in [-0.05, 0) is 18.2 Å². The summed E-state index contributed by atoms with van der Waals surface area (Å²) in [6.45, 7) is 0. The summed E-state index contributed by atoms with van der Waals surface area (Å²) in [6, 6.07) is 4.62. The van der Waals surface area contributed by atoms with E-state index in [-0.39, 0.29) is 16.8 Å². The normalized spacial score (nSPS) is 11.0. The Morgan fingerprint density at radius 1 is 1.38 bits per heavy atom. The number of aromatic nitrogens is 5. The summed E-state index contributed by atoms with van der Waals surface area (Å²) in [5.74, 6) is -1.18. The summed E-state index contributed by atoms with van der Waals surface area (Å²) in [7, 11) is 1.51. The summed E-state index contributed by atoms with van der Waals surface area (Å²) in [5, 5.41) is 21.3. The maximum Gasteiger partial charge on any atom is 0.341 e. The van der Waals surface area contributed by atoms with Crippen LogP contribution in [0.5, 0.6) is 0 Å². The van der Waals surface area contributed by atoms with E-state index in [1.54, 1.807) is 12.1 Å². The quantitative estimate of drug-likeness (QED) is 0.753. The van der Waals surface area contributed by atoms with E-state index in [1.807, 2.05) is 0 Å². The molecule has 8 nitrogen and oxygen atoms in total. The Morgan fingerprint density at radius 3 is 2.86 bits per heavy atom. The zero-order valence-corrected chi connectivity index (χ0v) is 11.4. The van der Waals surface area contributed by atoms with Gasteiger partial charge in [-0.3, -0.25) is 9.48 Å². The second-order valence-electron chi connectivity index (χ2n) is 4.28. The van der Waals surface area contributed by atoms with Crippen molar-refractivity contribution in [3.63, 3.8) is 0 Å². The molecule has 0 radical (unpaired) electrons. The predicted octanol–water partition coefficient (Wildman–Crippen LogP) is 0.866. The Morgan fingerprint density at radius 2 is 2.14 bits per heavy atom. The molecule has 0 fully saturated rings. The Bertz CT molecular complexity index is 930. The molecule has 0 saturated carbocycles. The summed E-state index contributed by atoms with van der Waals surface area (Å²) >= 11 is 5.87. The number of nitrogens with zero attached hydrogens (tertiary/aromatic N) is 5. The molecule has 0 amide bonds. The number of hydrogen-bond donors (Lipinski definition) is 1. The highest BCUT2D eigenvalue weighted by molar-refractivity contribution is 6.31.